The Bertz CT molecular complexity index is 66.0. The second-order valence-corrected chi connectivity index (χ2v) is 1.16. The van der Waals surface area contributed by atoms with Gasteiger partial charge in [-0.05, 0) is 6.92 Å². The molecule has 0 bridgehead atoms. The first-order valence-electron chi connectivity index (χ1n) is 2.46. The van der Waals surface area contributed by atoms with Crippen LogP contribution in [0.5, 0.6) is 0 Å². The molecule has 0 saturated heterocycles. The molecule has 4 heteroatoms. The third kappa shape index (κ3) is 12.6. The number of hydrogen-bond acceptors (Lipinski definition) is 2. The van der Waals surface area contributed by atoms with Gasteiger partial charge in [-0.3, -0.25) is 4.79 Å². The third-order valence-corrected chi connectivity index (χ3v) is 0.594. The molecule has 0 N–H and O–H groups in total. The van der Waals surface area contributed by atoms with Crippen LogP contribution < -0.4 is 0 Å². The van der Waals surface area contributed by atoms with E-state index < -0.39 is 0 Å². The van der Waals surface area contributed by atoms with Crippen molar-refractivity contribution < 1.29 is 9.53 Å². The first kappa shape index (κ1) is 16.8. The van der Waals surface area contributed by atoms with Crippen molar-refractivity contribution in [3.8, 4) is 0 Å². The van der Waals surface area contributed by atoms with Crippen LogP contribution in [0.25, 0.3) is 0 Å². The van der Waals surface area contributed by atoms with Gasteiger partial charge in [0.15, 0.2) is 0 Å². The monoisotopic (exact) mass is 150 g/mol. The van der Waals surface area contributed by atoms with E-state index in [0.29, 0.717) is 13.0 Å². The number of ether oxygens (including phenoxy) is 1. The Kier molecular flexibility index (Phi) is 22.8. The molecule has 0 unspecified atom stereocenters. The summed E-state index contributed by atoms with van der Waals surface area (Å²) >= 11 is 0. The van der Waals surface area contributed by atoms with E-state index in [1.807, 2.05) is 0 Å². The quantitative estimate of drug-likeness (QED) is 0.397. The second-order valence-electron chi connectivity index (χ2n) is 1.16. The van der Waals surface area contributed by atoms with Crippen LogP contribution in [0, 0.1) is 0 Å². The minimum absolute atomic E-state index is 0. The summed E-state index contributed by atoms with van der Waals surface area (Å²) in [5.74, 6) is -0.123. The van der Waals surface area contributed by atoms with Gasteiger partial charge < -0.3 is 4.74 Å². The van der Waals surface area contributed by atoms with Gasteiger partial charge in [0.1, 0.15) is 0 Å². The van der Waals surface area contributed by atoms with E-state index in [1.165, 1.54) is 0 Å². The number of esters is 1. The summed E-state index contributed by atoms with van der Waals surface area (Å²) in [6.07, 6.45) is 0.480. The van der Waals surface area contributed by atoms with Gasteiger partial charge in [0, 0.05) is 6.42 Å². The Morgan fingerprint density at radius 3 is 1.89 bits per heavy atom. The van der Waals surface area contributed by atoms with Gasteiger partial charge in [-0.25, -0.2) is 0 Å². The van der Waals surface area contributed by atoms with Gasteiger partial charge in [0.05, 0.1) is 6.61 Å². The van der Waals surface area contributed by atoms with Gasteiger partial charge >= 0.3 is 65.1 Å². The van der Waals surface area contributed by atoms with E-state index in [9.17, 15) is 4.79 Å². The van der Waals surface area contributed by atoms with Crippen molar-refractivity contribution in [3.63, 3.8) is 0 Å². The predicted octanol–water partition coefficient (Wildman–Crippen LogP) is -0.338. The minimum atomic E-state index is -0.123. The molecule has 0 spiro atoms. The second kappa shape index (κ2) is 12.2. The van der Waals surface area contributed by atoms with Gasteiger partial charge in [0.25, 0.3) is 0 Å². The molecular formula is C5H12Na2O2. The fourth-order valence-corrected chi connectivity index (χ4v) is 0.263. The van der Waals surface area contributed by atoms with Gasteiger partial charge in [0.2, 0.25) is 0 Å². The zero-order valence-corrected chi connectivity index (χ0v) is 4.73. The number of carbonyl (C=O) groups excluding carboxylic acids is 1. The number of carbonyl (C=O) groups is 1. The molecule has 9 heavy (non-hydrogen) atoms. The molecule has 0 aromatic rings. The Hall–Kier alpha value is 1.47. The summed E-state index contributed by atoms with van der Waals surface area (Å²) < 4.78 is 4.55. The zero-order valence-electron chi connectivity index (χ0n) is 4.73. The summed E-state index contributed by atoms with van der Waals surface area (Å²) in [7, 11) is 0. The van der Waals surface area contributed by atoms with E-state index in [2.05, 4.69) is 4.74 Å². The Morgan fingerprint density at radius 1 is 1.33 bits per heavy atom. The number of rotatable bonds is 2. The molecule has 0 aliphatic heterocycles. The SMILES string of the molecule is CCOC(=O)CC.[NaH].[NaH]. The summed E-state index contributed by atoms with van der Waals surface area (Å²) in [6, 6.07) is 0. The Balaban J connectivity index is -0.000000180. The molecule has 0 atom stereocenters. The van der Waals surface area contributed by atoms with E-state index in [4.69, 9.17) is 0 Å². The fourth-order valence-electron chi connectivity index (χ4n) is 0.263. The van der Waals surface area contributed by atoms with Crippen LogP contribution in [0.15, 0.2) is 0 Å². The third-order valence-electron chi connectivity index (χ3n) is 0.594. The summed E-state index contributed by atoms with van der Waals surface area (Å²) in [5.41, 5.74) is 0. The van der Waals surface area contributed by atoms with Crippen molar-refractivity contribution in [2.24, 2.45) is 0 Å². The predicted molar refractivity (Wildman–Crippen MR) is 41.2 cm³/mol. The molecule has 0 aliphatic rings. The van der Waals surface area contributed by atoms with Crippen molar-refractivity contribution in [2.45, 2.75) is 20.3 Å². The van der Waals surface area contributed by atoms with Crippen LogP contribution in [0.2, 0.25) is 0 Å². The van der Waals surface area contributed by atoms with Crippen LogP contribution in [0.4, 0.5) is 0 Å². The average molecular weight is 150 g/mol. The van der Waals surface area contributed by atoms with Crippen molar-refractivity contribution in [1.29, 1.82) is 0 Å². The molecule has 0 aromatic carbocycles. The van der Waals surface area contributed by atoms with Gasteiger partial charge in [-0.1, -0.05) is 6.92 Å². The molecule has 0 aromatic heterocycles. The first-order valence-corrected chi connectivity index (χ1v) is 2.46. The fraction of sp³-hybridized carbons (Fsp3) is 0.800. The maximum absolute atomic E-state index is 10.2. The Morgan fingerprint density at radius 2 is 1.78 bits per heavy atom. The summed E-state index contributed by atoms with van der Waals surface area (Å²) in [6.45, 7) is 4.07. The summed E-state index contributed by atoms with van der Waals surface area (Å²) in [5, 5.41) is 0. The molecule has 0 amide bonds. The van der Waals surface area contributed by atoms with Crippen LogP contribution in [-0.2, 0) is 9.53 Å². The maximum atomic E-state index is 10.2. The van der Waals surface area contributed by atoms with Crippen molar-refractivity contribution >= 4 is 65.1 Å². The molecule has 0 aliphatic carbocycles. The van der Waals surface area contributed by atoms with E-state index >= 15 is 0 Å². The molecule has 0 radical (unpaired) electrons. The van der Waals surface area contributed by atoms with E-state index in [-0.39, 0.29) is 65.1 Å². The normalized spacial score (nSPS) is 6.44. The van der Waals surface area contributed by atoms with Crippen LogP contribution in [-0.4, -0.2) is 71.7 Å². The van der Waals surface area contributed by atoms with E-state index in [1.54, 1.807) is 13.8 Å². The molecule has 0 saturated carbocycles. The standard InChI is InChI=1S/C5H10O2.2Na.2H/c1-3-5(6)7-4-2;;;;/h3-4H2,1-2H3;;;;. The zero-order chi connectivity index (χ0) is 5.70. The topological polar surface area (TPSA) is 26.3 Å². The van der Waals surface area contributed by atoms with Gasteiger partial charge in [-0.15, -0.1) is 0 Å². The van der Waals surface area contributed by atoms with Crippen LogP contribution >= 0.6 is 0 Å². The van der Waals surface area contributed by atoms with Crippen molar-refractivity contribution in [2.75, 3.05) is 6.61 Å². The van der Waals surface area contributed by atoms with Crippen LogP contribution in [0.3, 0.4) is 0 Å². The summed E-state index contributed by atoms with van der Waals surface area (Å²) in [4.78, 5) is 10.2. The van der Waals surface area contributed by atoms with Crippen LogP contribution in [0.1, 0.15) is 20.3 Å². The Labute approximate surface area is 100 Å². The first-order chi connectivity index (χ1) is 3.31. The average Bonchev–Trinajstić information content (AvgIpc) is 1.68. The molecule has 2 nitrogen and oxygen atoms in total. The molecule has 0 fully saturated rings. The molecule has 46 valence electrons. The van der Waals surface area contributed by atoms with Gasteiger partial charge in [-0.2, -0.15) is 0 Å². The van der Waals surface area contributed by atoms with E-state index in [0.717, 1.165) is 0 Å². The van der Waals surface area contributed by atoms with Crippen molar-refractivity contribution in [3.05, 3.63) is 0 Å². The van der Waals surface area contributed by atoms with Crippen molar-refractivity contribution in [1.82, 2.24) is 0 Å². The molecule has 0 heterocycles. The molecule has 0 rings (SSSR count). The number of hydrogen-bond donors (Lipinski definition) is 0. The molecular weight excluding hydrogens is 138 g/mol.